The Morgan fingerprint density at radius 1 is 1.06 bits per heavy atom. The van der Waals surface area contributed by atoms with E-state index in [0.29, 0.717) is 11.1 Å². The summed E-state index contributed by atoms with van der Waals surface area (Å²) in [4.78, 5) is 16.9. The van der Waals surface area contributed by atoms with E-state index in [9.17, 15) is 18.0 Å². The molecule has 0 radical (unpaired) electrons. The number of carbonyl (C=O) groups excluding carboxylic acids is 1. The summed E-state index contributed by atoms with van der Waals surface area (Å²) in [6.07, 6.45) is -4.55. The molecule has 1 fully saturated rings. The Bertz CT molecular complexity index is 1010. The average Bonchev–Trinajstić information content (AvgIpc) is 2.71. The van der Waals surface area contributed by atoms with Crippen molar-refractivity contribution in [1.82, 2.24) is 9.80 Å². The molecular weight excluding hydrogens is 401 g/mol. The number of hydrogen-bond donors (Lipinski definition) is 0. The van der Waals surface area contributed by atoms with E-state index in [2.05, 4.69) is 16.7 Å². The van der Waals surface area contributed by atoms with Gasteiger partial charge in [0.05, 0.1) is 5.56 Å². The SMILES string of the molecule is CC#Cc1cc(C(=O)Cc2ccc(CN3CCN(C)CC3)c(C(F)(F)F)c2)ccc1C. The van der Waals surface area contributed by atoms with Gasteiger partial charge in [-0.25, -0.2) is 0 Å². The van der Waals surface area contributed by atoms with Crippen LogP contribution in [0.3, 0.4) is 0 Å². The van der Waals surface area contributed by atoms with Gasteiger partial charge >= 0.3 is 6.18 Å². The third kappa shape index (κ3) is 5.96. The molecule has 6 heteroatoms. The summed E-state index contributed by atoms with van der Waals surface area (Å²) in [5, 5.41) is 0. The molecule has 1 saturated heterocycles. The minimum atomic E-state index is -4.46. The lowest BCUT2D eigenvalue weighted by Gasteiger charge is -2.33. The average molecular weight is 428 g/mol. The summed E-state index contributed by atoms with van der Waals surface area (Å²) in [5.41, 5.74) is 2.13. The van der Waals surface area contributed by atoms with Crippen molar-refractivity contribution in [3.63, 3.8) is 0 Å². The van der Waals surface area contributed by atoms with Gasteiger partial charge in [-0.2, -0.15) is 13.2 Å². The molecule has 0 amide bonds. The molecule has 2 aromatic carbocycles. The molecule has 0 aliphatic carbocycles. The van der Waals surface area contributed by atoms with Gasteiger partial charge in [0, 0.05) is 50.3 Å². The van der Waals surface area contributed by atoms with Crippen LogP contribution in [0.2, 0.25) is 0 Å². The number of benzene rings is 2. The molecule has 0 N–H and O–H groups in total. The highest BCUT2D eigenvalue weighted by Crippen LogP contribution is 2.34. The molecule has 1 aliphatic heterocycles. The molecule has 3 rings (SSSR count). The highest BCUT2D eigenvalue weighted by atomic mass is 19.4. The number of Topliss-reactive ketones (excluding diaryl/α,β-unsaturated/α-hetero) is 1. The first-order valence-electron chi connectivity index (χ1n) is 10.3. The van der Waals surface area contributed by atoms with Gasteiger partial charge in [0.25, 0.3) is 0 Å². The summed E-state index contributed by atoms with van der Waals surface area (Å²) < 4.78 is 41.3. The fourth-order valence-corrected chi connectivity index (χ4v) is 3.73. The zero-order valence-corrected chi connectivity index (χ0v) is 18.1. The van der Waals surface area contributed by atoms with Gasteiger partial charge in [0.15, 0.2) is 5.78 Å². The summed E-state index contributed by atoms with van der Waals surface area (Å²) in [7, 11) is 2.01. The van der Waals surface area contributed by atoms with E-state index >= 15 is 0 Å². The molecule has 0 bridgehead atoms. The van der Waals surface area contributed by atoms with Gasteiger partial charge in [-0.3, -0.25) is 9.69 Å². The highest BCUT2D eigenvalue weighted by molar-refractivity contribution is 5.98. The molecule has 0 spiro atoms. The maximum atomic E-state index is 13.8. The quantitative estimate of drug-likeness (QED) is 0.515. The van der Waals surface area contributed by atoms with Crippen LogP contribution in [-0.2, 0) is 19.1 Å². The van der Waals surface area contributed by atoms with Crippen LogP contribution < -0.4 is 0 Å². The number of hydrogen-bond acceptors (Lipinski definition) is 3. The number of alkyl halides is 3. The van der Waals surface area contributed by atoms with Crippen LogP contribution in [0.4, 0.5) is 13.2 Å². The normalized spacial score (nSPS) is 15.4. The Labute approximate surface area is 181 Å². The molecule has 1 aliphatic rings. The van der Waals surface area contributed by atoms with E-state index in [1.807, 2.05) is 24.9 Å². The van der Waals surface area contributed by atoms with Crippen LogP contribution in [0.15, 0.2) is 36.4 Å². The predicted octanol–water partition coefficient (Wildman–Crippen LogP) is 4.56. The predicted molar refractivity (Wildman–Crippen MR) is 116 cm³/mol. The molecule has 0 atom stereocenters. The lowest BCUT2D eigenvalue weighted by molar-refractivity contribution is -0.138. The fraction of sp³-hybridized carbons (Fsp3) is 0.400. The Hall–Kier alpha value is -2.62. The van der Waals surface area contributed by atoms with Crippen molar-refractivity contribution >= 4 is 5.78 Å². The number of rotatable bonds is 5. The van der Waals surface area contributed by atoms with E-state index in [1.165, 1.54) is 6.07 Å². The molecule has 2 aromatic rings. The standard InChI is InChI=1S/C25H27F3N2O/c1-4-5-20-16-21(8-6-18(20)2)24(31)15-19-7-9-22(23(14-19)25(26,27)28)17-30-12-10-29(3)11-13-30/h6-9,14,16H,10-13,15,17H2,1-3H3. The largest absolute Gasteiger partial charge is 0.416 e. The minimum absolute atomic E-state index is 0.0834. The van der Waals surface area contributed by atoms with Crippen molar-refractivity contribution < 1.29 is 18.0 Å². The molecule has 3 nitrogen and oxygen atoms in total. The number of likely N-dealkylation sites (N-methyl/N-ethyl adjacent to an activating group) is 1. The van der Waals surface area contributed by atoms with Gasteiger partial charge in [0.1, 0.15) is 0 Å². The Morgan fingerprint density at radius 2 is 1.77 bits per heavy atom. The lowest BCUT2D eigenvalue weighted by Crippen LogP contribution is -2.44. The molecular formula is C25H27F3N2O. The Kier molecular flexibility index (Phi) is 7.19. The van der Waals surface area contributed by atoms with Gasteiger partial charge in [-0.1, -0.05) is 30.2 Å². The second kappa shape index (κ2) is 9.67. The van der Waals surface area contributed by atoms with E-state index in [1.54, 1.807) is 25.1 Å². The number of nitrogens with zero attached hydrogens (tertiary/aromatic N) is 2. The van der Waals surface area contributed by atoms with Crippen molar-refractivity contribution in [2.75, 3.05) is 33.2 Å². The van der Waals surface area contributed by atoms with E-state index in [0.717, 1.165) is 43.4 Å². The van der Waals surface area contributed by atoms with Gasteiger partial charge in [-0.15, -0.1) is 5.92 Å². The first-order chi connectivity index (χ1) is 14.7. The lowest BCUT2D eigenvalue weighted by atomic mass is 9.96. The third-order valence-electron chi connectivity index (χ3n) is 5.65. The molecule has 0 aromatic heterocycles. The second-order valence-corrected chi connectivity index (χ2v) is 8.07. The minimum Gasteiger partial charge on any atom is -0.304 e. The third-order valence-corrected chi connectivity index (χ3v) is 5.65. The summed E-state index contributed by atoms with van der Waals surface area (Å²) in [6, 6.07) is 9.51. The van der Waals surface area contributed by atoms with Gasteiger partial charge < -0.3 is 4.90 Å². The van der Waals surface area contributed by atoms with Crippen LogP contribution in [0.5, 0.6) is 0 Å². The van der Waals surface area contributed by atoms with Crippen LogP contribution in [-0.4, -0.2) is 48.8 Å². The number of ketones is 1. The maximum absolute atomic E-state index is 13.8. The summed E-state index contributed by atoms with van der Waals surface area (Å²) in [5.74, 6) is 5.55. The number of piperazine rings is 1. The van der Waals surface area contributed by atoms with Crippen LogP contribution >= 0.6 is 0 Å². The molecule has 0 saturated carbocycles. The van der Waals surface area contributed by atoms with Crippen LogP contribution in [0, 0.1) is 18.8 Å². The topological polar surface area (TPSA) is 23.6 Å². The number of aryl methyl sites for hydroxylation is 1. The number of halogens is 3. The Morgan fingerprint density at radius 3 is 2.42 bits per heavy atom. The van der Waals surface area contributed by atoms with Crippen LogP contribution in [0.25, 0.3) is 0 Å². The van der Waals surface area contributed by atoms with Crippen molar-refractivity contribution in [2.45, 2.75) is 33.0 Å². The summed E-state index contributed by atoms with van der Waals surface area (Å²) >= 11 is 0. The van der Waals surface area contributed by atoms with Crippen molar-refractivity contribution in [3.05, 3.63) is 69.8 Å². The van der Waals surface area contributed by atoms with Crippen molar-refractivity contribution in [3.8, 4) is 11.8 Å². The molecule has 164 valence electrons. The van der Waals surface area contributed by atoms with Crippen LogP contribution in [0.1, 0.15) is 45.1 Å². The zero-order valence-electron chi connectivity index (χ0n) is 18.1. The smallest absolute Gasteiger partial charge is 0.304 e. The highest BCUT2D eigenvalue weighted by Gasteiger charge is 2.34. The van der Waals surface area contributed by atoms with Gasteiger partial charge in [-0.05, 0) is 49.7 Å². The fourth-order valence-electron chi connectivity index (χ4n) is 3.73. The first-order valence-corrected chi connectivity index (χ1v) is 10.3. The second-order valence-electron chi connectivity index (χ2n) is 8.07. The monoisotopic (exact) mass is 428 g/mol. The maximum Gasteiger partial charge on any atom is 0.416 e. The number of carbonyl (C=O) groups is 1. The van der Waals surface area contributed by atoms with E-state index < -0.39 is 11.7 Å². The first kappa shape index (κ1) is 23.1. The molecule has 1 heterocycles. The zero-order chi connectivity index (χ0) is 22.6. The van der Waals surface area contributed by atoms with Gasteiger partial charge in [0.2, 0.25) is 0 Å². The van der Waals surface area contributed by atoms with Crippen molar-refractivity contribution in [2.24, 2.45) is 0 Å². The summed E-state index contributed by atoms with van der Waals surface area (Å²) in [6.45, 7) is 7.05. The van der Waals surface area contributed by atoms with Crippen molar-refractivity contribution in [1.29, 1.82) is 0 Å². The van der Waals surface area contributed by atoms with E-state index in [-0.39, 0.29) is 24.3 Å². The van der Waals surface area contributed by atoms with E-state index in [4.69, 9.17) is 0 Å². The Balaban J connectivity index is 1.81. The molecule has 0 unspecified atom stereocenters. The molecule has 31 heavy (non-hydrogen) atoms.